The van der Waals surface area contributed by atoms with Crippen molar-refractivity contribution in [3.63, 3.8) is 0 Å². The Kier molecular flexibility index (Phi) is 10.5. The van der Waals surface area contributed by atoms with Crippen molar-refractivity contribution in [3.8, 4) is 5.75 Å². The van der Waals surface area contributed by atoms with E-state index < -0.39 is 35.9 Å². The van der Waals surface area contributed by atoms with Crippen molar-refractivity contribution in [1.82, 2.24) is 10.6 Å². The molecule has 11 nitrogen and oxygen atoms in total. The van der Waals surface area contributed by atoms with E-state index in [4.69, 9.17) is 17.2 Å². The number of carboxylic acid groups (broad SMARTS) is 1. The quantitative estimate of drug-likeness (QED) is 0.113. The number of phenols is 1. The van der Waals surface area contributed by atoms with Gasteiger partial charge in [-0.3, -0.25) is 14.6 Å². The number of amides is 2. The molecule has 2 rings (SSSR count). The minimum Gasteiger partial charge on any atom is -0.508 e. The van der Waals surface area contributed by atoms with Crippen LogP contribution in [0, 0.1) is 0 Å². The summed E-state index contributed by atoms with van der Waals surface area (Å²) in [6.07, 6.45) is 0.879. The van der Waals surface area contributed by atoms with Gasteiger partial charge in [0.15, 0.2) is 5.96 Å². The first-order chi connectivity index (χ1) is 16.7. The second-order valence-corrected chi connectivity index (χ2v) is 8.08. The maximum absolute atomic E-state index is 13.1. The molecule has 0 saturated heterocycles. The Hall–Kier alpha value is -4.12. The smallest absolute Gasteiger partial charge is 0.326 e. The van der Waals surface area contributed by atoms with Crippen LogP contribution in [0.1, 0.15) is 24.0 Å². The van der Waals surface area contributed by atoms with E-state index in [1.54, 1.807) is 36.4 Å². The largest absolute Gasteiger partial charge is 0.508 e. The number of benzene rings is 2. The minimum absolute atomic E-state index is 0.0513. The molecule has 0 bridgehead atoms. The fourth-order valence-corrected chi connectivity index (χ4v) is 3.33. The number of guanidine groups is 1. The number of aliphatic imine (C=N–C) groups is 1. The summed E-state index contributed by atoms with van der Waals surface area (Å²) in [5.74, 6) is -2.44. The lowest BCUT2D eigenvalue weighted by Gasteiger charge is -2.23. The summed E-state index contributed by atoms with van der Waals surface area (Å²) in [6, 6.07) is 11.8. The molecule has 10 N–H and O–H groups in total. The topological polar surface area (TPSA) is 206 Å². The highest BCUT2D eigenvalue weighted by Gasteiger charge is 2.28. The standard InChI is InChI=1S/C24H32N6O5/c25-18(7-4-12-28-24(26)27)21(32)29-19(13-16-8-10-17(31)11-9-16)22(33)30-20(23(34)35)14-15-5-2-1-3-6-15/h1-3,5-6,8-11,18-20,31H,4,7,12-14,25H2,(H,29,32)(H,30,33)(H,34,35)(H4,26,27,28). The van der Waals surface area contributed by atoms with Crippen molar-refractivity contribution in [2.45, 2.75) is 43.8 Å². The van der Waals surface area contributed by atoms with Crippen molar-refractivity contribution in [3.05, 3.63) is 65.7 Å². The number of hydrogen-bond acceptors (Lipinski definition) is 6. The Morgan fingerprint density at radius 2 is 1.43 bits per heavy atom. The predicted molar refractivity (Wildman–Crippen MR) is 131 cm³/mol. The number of aromatic hydroxyl groups is 1. The molecule has 0 aliphatic rings. The third kappa shape index (κ3) is 9.72. The van der Waals surface area contributed by atoms with Crippen LogP contribution in [0.4, 0.5) is 0 Å². The Morgan fingerprint density at radius 3 is 2.03 bits per heavy atom. The lowest BCUT2D eigenvalue weighted by Crippen LogP contribution is -2.55. The molecule has 2 aromatic rings. The van der Waals surface area contributed by atoms with Crippen molar-refractivity contribution < 1.29 is 24.6 Å². The minimum atomic E-state index is -1.20. The van der Waals surface area contributed by atoms with E-state index in [1.807, 2.05) is 6.07 Å². The van der Waals surface area contributed by atoms with Gasteiger partial charge in [-0.2, -0.15) is 0 Å². The van der Waals surface area contributed by atoms with Crippen LogP contribution in [0.25, 0.3) is 0 Å². The van der Waals surface area contributed by atoms with E-state index in [-0.39, 0.29) is 31.0 Å². The molecule has 35 heavy (non-hydrogen) atoms. The number of carbonyl (C=O) groups excluding carboxylic acids is 2. The molecule has 0 aliphatic heterocycles. The summed E-state index contributed by atoms with van der Waals surface area (Å²) < 4.78 is 0. The zero-order valence-corrected chi connectivity index (χ0v) is 19.3. The van der Waals surface area contributed by atoms with E-state index in [1.165, 1.54) is 12.1 Å². The van der Waals surface area contributed by atoms with Gasteiger partial charge in [-0.1, -0.05) is 42.5 Å². The molecule has 0 aromatic heterocycles. The van der Waals surface area contributed by atoms with Crippen molar-refractivity contribution in [2.24, 2.45) is 22.2 Å². The molecule has 0 saturated carbocycles. The summed E-state index contributed by atoms with van der Waals surface area (Å²) in [6.45, 7) is 0.306. The maximum Gasteiger partial charge on any atom is 0.326 e. The van der Waals surface area contributed by atoms with Gasteiger partial charge in [0.05, 0.1) is 6.04 Å². The highest BCUT2D eigenvalue weighted by Crippen LogP contribution is 2.12. The zero-order valence-electron chi connectivity index (χ0n) is 19.3. The van der Waals surface area contributed by atoms with Crippen molar-refractivity contribution in [2.75, 3.05) is 6.54 Å². The lowest BCUT2D eigenvalue weighted by atomic mass is 10.0. The molecule has 3 atom stereocenters. The summed E-state index contributed by atoms with van der Waals surface area (Å²) in [5.41, 5.74) is 17.9. The molecule has 0 aliphatic carbocycles. The maximum atomic E-state index is 13.1. The highest BCUT2D eigenvalue weighted by molar-refractivity contribution is 5.92. The molecule has 0 spiro atoms. The van der Waals surface area contributed by atoms with Gasteiger partial charge >= 0.3 is 5.97 Å². The Morgan fingerprint density at radius 1 is 0.857 bits per heavy atom. The Labute approximate surface area is 203 Å². The zero-order chi connectivity index (χ0) is 25.8. The van der Waals surface area contributed by atoms with Crippen LogP contribution in [-0.2, 0) is 27.2 Å². The number of rotatable bonds is 13. The van der Waals surface area contributed by atoms with Crippen LogP contribution < -0.4 is 27.8 Å². The van der Waals surface area contributed by atoms with Crippen molar-refractivity contribution >= 4 is 23.7 Å². The van der Waals surface area contributed by atoms with Crippen LogP contribution in [0.2, 0.25) is 0 Å². The van der Waals surface area contributed by atoms with Crippen LogP contribution in [0.15, 0.2) is 59.6 Å². The second kappa shape index (κ2) is 13.6. The molecule has 2 amide bonds. The summed E-state index contributed by atoms with van der Waals surface area (Å²) in [4.78, 5) is 41.4. The monoisotopic (exact) mass is 484 g/mol. The van der Waals surface area contributed by atoms with Gasteiger partial charge in [-0.15, -0.1) is 0 Å². The first kappa shape index (κ1) is 27.1. The van der Waals surface area contributed by atoms with Crippen molar-refractivity contribution in [1.29, 1.82) is 0 Å². The van der Waals surface area contributed by atoms with Crippen LogP contribution in [0.5, 0.6) is 5.75 Å². The van der Waals surface area contributed by atoms with E-state index in [2.05, 4.69) is 15.6 Å². The second-order valence-electron chi connectivity index (χ2n) is 8.08. The molecule has 2 aromatic carbocycles. The number of phenolic OH excluding ortho intramolecular Hbond substituents is 1. The highest BCUT2D eigenvalue weighted by atomic mass is 16.4. The number of nitrogens with one attached hydrogen (secondary N) is 2. The fraction of sp³-hybridized carbons (Fsp3) is 0.333. The summed E-state index contributed by atoms with van der Waals surface area (Å²) in [5, 5.41) is 24.3. The van der Waals surface area contributed by atoms with E-state index in [0.717, 1.165) is 5.56 Å². The predicted octanol–water partition coefficient (Wildman–Crippen LogP) is -0.387. The molecule has 0 fully saturated rings. The third-order valence-corrected chi connectivity index (χ3v) is 5.21. The molecule has 188 valence electrons. The Bertz CT molecular complexity index is 1010. The first-order valence-corrected chi connectivity index (χ1v) is 11.1. The van der Waals surface area contributed by atoms with Gasteiger partial charge in [0, 0.05) is 19.4 Å². The van der Waals surface area contributed by atoms with Gasteiger partial charge in [-0.05, 0) is 36.1 Å². The van der Waals surface area contributed by atoms with E-state index >= 15 is 0 Å². The molecule has 0 radical (unpaired) electrons. The molecule has 3 unspecified atom stereocenters. The first-order valence-electron chi connectivity index (χ1n) is 11.1. The van der Waals surface area contributed by atoms with Crippen LogP contribution in [0.3, 0.4) is 0 Å². The fourth-order valence-electron chi connectivity index (χ4n) is 3.33. The van der Waals surface area contributed by atoms with E-state index in [9.17, 15) is 24.6 Å². The molecule has 0 heterocycles. The normalized spacial score (nSPS) is 13.2. The van der Waals surface area contributed by atoms with Gasteiger partial charge in [0.2, 0.25) is 11.8 Å². The van der Waals surface area contributed by atoms with Gasteiger partial charge in [0.25, 0.3) is 0 Å². The molecular weight excluding hydrogens is 452 g/mol. The summed E-state index contributed by atoms with van der Waals surface area (Å²) in [7, 11) is 0. The average molecular weight is 485 g/mol. The molecule has 11 heteroatoms. The molecular formula is C24H32N6O5. The SMILES string of the molecule is NC(N)=NCCCC(N)C(=O)NC(Cc1ccc(O)cc1)C(=O)NC(Cc1ccccc1)C(=O)O. The average Bonchev–Trinajstić information content (AvgIpc) is 2.82. The van der Waals surface area contributed by atoms with Crippen LogP contribution in [-0.4, -0.2) is 58.6 Å². The number of hydrogen-bond donors (Lipinski definition) is 7. The number of nitrogens with zero attached hydrogens (tertiary/aromatic N) is 1. The third-order valence-electron chi connectivity index (χ3n) is 5.21. The number of carboxylic acids is 1. The number of nitrogens with two attached hydrogens (primary N) is 3. The lowest BCUT2D eigenvalue weighted by molar-refractivity contribution is -0.142. The van der Waals surface area contributed by atoms with Gasteiger partial charge in [-0.25, -0.2) is 4.79 Å². The van der Waals surface area contributed by atoms with Gasteiger partial charge < -0.3 is 38.0 Å². The van der Waals surface area contributed by atoms with Crippen LogP contribution >= 0.6 is 0 Å². The van der Waals surface area contributed by atoms with E-state index in [0.29, 0.717) is 18.5 Å². The summed E-state index contributed by atoms with van der Waals surface area (Å²) >= 11 is 0. The number of carbonyl (C=O) groups is 3. The Balaban J connectivity index is 2.11. The number of aliphatic carboxylic acids is 1. The van der Waals surface area contributed by atoms with Gasteiger partial charge in [0.1, 0.15) is 17.8 Å².